The van der Waals surface area contributed by atoms with Crippen molar-refractivity contribution in [1.29, 1.82) is 0 Å². The minimum Gasteiger partial charge on any atom is -0.493 e. The van der Waals surface area contributed by atoms with Gasteiger partial charge in [0.15, 0.2) is 11.6 Å². The zero-order valence-electron chi connectivity index (χ0n) is 16.7. The van der Waals surface area contributed by atoms with Crippen molar-refractivity contribution in [2.24, 2.45) is 0 Å². The molecule has 174 valence electrons. The van der Waals surface area contributed by atoms with Crippen molar-refractivity contribution in [3.05, 3.63) is 65.5 Å². The average Bonchev–Trinajstić information content (AvgIpc) is 2.70. The predicted octanol–water partition coefficient (Wildman–Crippen LogP) is 6.55. The normalized spacial score (nSPS) is 12.2. The Morgan fingerprint density at radius 2 is 1.66 bits per heavy atom. The Bertz CT molecular complexity index is 923. The number of halogens is 6. The molecule has 32 heavy (non-hydrogen) atoms. The number of unbranched alkanes of at least 4 members (excludes halogenated alkanes) is 2. The lowest BCUT2D eigenvalue weighted by Gasteiger charge is -2.19. The van der Waals surface area contributed by atoms with Gasteiger partial charge in [0.2, 0.25) is 0 Å². The summed E-state index contributed by atoms with van der Waals surface area (Å²) >= 11 is 0. The van der Waals surface area contributed by atoms with Crippen LogP contribution in [0.1, 0.15) is 36.8 Å². The molecular formula is C22H20F6O4. The maximum Gasteiger partial charge on any atom is 0.426 e. The summed E-state index contributed by atoms with van der Waals surface area (Å²) in [5.74, 6) is -2.97. The molecule has 0 unspecified atom stereocenters. The highest BCUT2D eigenvalue weighted by Gasteiger charge is 2.35. The molecule has 0 aliphatic heterocycles. The SMILES string of the molecule is O=C(O)/C=C/c1ccc(C(F)(F)Oc2ccc(OCCCCCC(F)(F)F)cc2F)cc1. The van der Waals surface area contributed by atoms with Crippen molar-refractivity contribution in [3.8, 4) is 11.5 Å². The summed E-state index contributed by atoms with van der Waals surface area (Å²) in [6.45, 7) is 0.0519. The van der Waals surface area contributed by atoms with Crippen molar-refractivity contribution < 1.29 is 45.7 Å². The third-order valence-electron chi connectivity index (χ3n) is 4.18. The molecule has 10 heteroatoms. The molecule has 0 spiro atoms. The van der Waals surface area contributed by atoms with Gasteiger partial charge in [0.25, 0.3) is 0 Å². The Morgan fingerprint density at radius 1 is 0.969 bits per heavy atom. The molecule has 0 saturated heterocycles. The van der Waals surface area contributed by atoms with Gasteiger partial charge in [0.05, 0.1) is 12.2 Å². The average molecular weight is 462 g/mol. The van der Waals surface area contributed by atoms with Crippen molar-refractivity contribution in [1.82, 2.24) is 0 Å². The van der Waals surface area contributed by atoms with E-state index in [1.54, 1.807) is 0 Å². The molecule has 2 aromatic rings. The van der Waals surface area contributed by atoms with E-state index in [1.807, 2.05) is 0 Å². The number of alkyl halides is 5. The number of aliphatic carboxylic acids is 1. The number of hydrogen-bond acceptors (Lipinski definition) is 3. The van der Waals surface area contributed by atoms with E-state index in [-0.39, 0.29) is 25.2 Å². The molecular weight excluding hydrogens is 442 g/mol. The fourth-order valence-electron chi connectivity index (χ4n) is 2.60. The summed E-state index contributed by atoms with van der Waals surface area (Å²) in [7, 11) is 0. The zero-order valence-corrected chi connectivity index (χ0v) is 16.7. The van der Waals surface area contributed by atoms with Gasteiger partial charge in [-0.3, -0.25) is 0 Å². The van der Waals surface area contributed by atoms with Crippen LogP contribution in [0.3, 0.4) is 0 Å². The van der Waals surface area contributed by atoms with E-state index in [9.17, 15) is 31.1 Å². The smallest absolute Gasteiger partial charge is 0.426 e. The molecule has 0 aliphatic carbocycles. The standard InChI is InChI=1S/C22H20F6O4/c23-18-14-17(31-13-3-1-2-12-21(24,25)26)9-10-19(18)32-22(27,28)16-7-4-15(5-8-16)6-11-20(29)30/h4-11,14H,1-3,12-13H2,(H,29,30)/b11-6+. The number of carboxylic acid groups (broad SMARTS) is 1. The van der Waals surface area contributed by atoms with Crippen LogP contribution in [-0.2, 0) is 10.9 Å². The van der Waals surface area contributed by atoms with E-state index < -0.39 is 41.8 Å². The molecule has 0 heterocycles. The number of benzene rings is 2. The quantitative estimate of drug-likeness (QED) is 0.234. The summed E-state index contributed by atoms with van der Waals surface area (Å²) in [4.78, 5) is 10.5. The van der Waals surface area contributed by atoms with Gasteiger partial charge in [0.1, 0.15) is 5.75 Å². The topological polar surface area (TPSA) is 55.8 Å². The number of rotatable bonds is 11. The van der Waals surface area contributed by atoms with Gasteiger partial charge in [-0.15, -0.1) is 0 Å². The first-order valence-electron chi connectivity index (χ1n) is 9.54. The van der Waals surface area contributed by atoms with E-state index in [1.165, 1.54) is 24.3 Å². The summed E-state index contributed by atoms with van der Waals surface area (Å²) in [6, 6.07) is 7.59. The van der Waals surface area contributed by atoms with Gasteiger partial charge < -0.3 is 14.6 Å². The van der Waals surface area contributed by atoms with Crippen LogP contribution in [0.15, 0.2) is 48.5 Å². The van der Waals surface area contributed by atoms with Crippen molar-refractivity contribution >= 4 is 12.0 Å². The Hall–Kier alpha value is -3.17. The van der Waals surface area contributed by atoms with Crippen LogP contribution in [0.2, 0.25) is 0 Å². The van der Waals surface area contributed by atoms with Gasteiger partial charge >= 0.3 is 18.3 Å². The first-order valence-corrected chi connectivity index (χ1v) is 9.54. The Balaban J connectivity index is 1.91. The second kappa shape index (κ2) is 10.9. The monoisotopic (exact) mass is 462 g/mol. The maximum atomic E-state index is 14.4. The van der Waals surface area contributed by atoms with Crippen LogP contribution in [0.5, 0.6) is 11.5 Å². The highest BCUT2D eigenvalue weighted by Crippen LogP contribution is 2.34. The van der Waals surface area contributed by atoms with Gasteiger partial charge in [-0.25, -0.2) is 9.18 Å². The van der Waals surface area contributed by atoms with E-state index in [4.69, 9.17) is 9.84 Å². The van der Waals surface area contributed by atoms with Gasteiger partial charge in [-0.2, -0.15) is 22.0 Å². The summed E-state index contributed by atoms with van der Waals surface area (Å²) in [5.41, 5.74) is -0.193. The lowest BCUT2D eigenvalue weighted by molar-refractivity contribution is -0.187. The molecule has 0 amide bonds. The summed E-state index contributed by atoms with van der Waals surface area (Å²) in [6.07, 6.45) is -6.32. The summed E-state index contributed by atoms with van der Waals surface area (Å²) < 4.78 is 88.8. The molecule has 0 fully saturated rings. The maximum absolute atomic E-state index is 14.4. The number of ether oxygens (including phenoxy) is 2. The second-order valence-electron chi connectivity index (χ2n) is 6.78. The molecule has 0 aliphatic rings. The van der Waals surface area contributed by atoms with Gasteiger partial charge in [-0.1, -0.05) is 12.1 Å². The number of carbonyl (C=O) groups is 1. The van der Waals surface area contributed by atoms with Crippen molar-refractivity contribution in [3.63, 3.8) is 0 Å². The lowest BCUT2D eigenvalue weighted by Crippen LogP contribution is -2.22. The molecule has 0 radical (unpaired) electrons. The van der Waals surface area contributed by atoms with E-state index in [0.717, 1.165) is 30.3 Å². The first kappa shape index (κ1) is 25.1. The van der Waals surface area contributed by atoms with Crippen LogP contribution in [0.25, 0.3) is 6.08 Å². The second-order valence-corrected chi connectivity index (χ2v) is 6.78. The van der Waals surface area contributed by atoms with E-state index in [2.05, 4.69) is 4.74 Å². The molecule has 0 saturated carbocycles. The van der Waals surface area contributed by atoms with E-state index >= 15 is 0 Å². The minimum atomic E-state index is -4.21. The first-order chi connectivity index (χ1) is 15.0. The van der Waals surface area contributed by atoms with Crippen molar-refractivity contribution in [2.45, 2.75) is 38.0 Å². The molecule has 1 N–H and O–H groups in total. The predicted molar refractivity (Wildman–Crippen MR) is 104 cm³/mol. The molecule has 2 rings (SSSR count). The minimum absolute atomic E-state index is 0.0311. The van der Waals surface area contributed by atoms with Gasteiger partial charge in [0, 0.05) is 18.6 Å². The molecule has 2 aromatic carbocycles. The fourth-order valence-corrected chi connectivity index (χ4v) is 2.60. The van der Waals surface area contributed by atoms with Crippen LogP contribution in [-0.4, -0.2) is 23.9 Å². The van der Waals surface area contributed by atoms with Crippen LogP contribution < -0.4 is 9.47 Å². The van der Waals surface area contributed by atoms with E-state index in [0.29, 0.717) is 12.0 Å². The largest absolute Gasteiger partial charge is 0.493 e. The van der Waals surface area contributed by atoms with Crippen LogP contribution in [0.4, 0.5) is 26.3 Å². The molecule has 4 nitrogen and oxygen atoms in total. The highest BCUT2D eigenvalue weighted by molar-refractivity contribution is 5.85. The molecule has 0 aromatic heterocycles. The third kappa shape index (κ3) is 8.52. The third-order valence-corrected chi connectivity index (χ3v) is 4.18. The lowest BCUT2D eigenvalue weighted by atomic mass is 10.1. The molecule has 0 atom stereocenters. The van der Waals surface area contributed by atoms with Gasteiger partial charge in [-0.05, 0) is 55.2 Å². The zero-order chi connectivity index (χ0) is 23.8. The van der Waals surface area contributed by atoms with Crippen LogP contribution in [0, 0.1) is 5.82 Å². The highest BCUT2D eigenvalue weighted by atomic mass is 19.4. The summed E-state index contributed by atoms with van der Waals surface area (Å²) in [5, 5.41) is 8.57. The number of carboxylic acids is 1. The van der Waals surface area contributed by atoms with Crippen LogP contribution >= 0.6 is 0 Å². The Morgan fingerprint density at radius 3 is 2.25 bits per heavy atom. The number of hydrogen-bond donors (Lipinski definition) is 1. The molecule has 0 bridgehead atoms. The Kier molecular flexibility index (Phi) is 8.56. The van der Waals surface area contributed by atoms with Crippen molar-refractivity contribution in [2.75, 3.05) is 6.61 Å². The Labute approximate surface area is 180 Å². The fraction of sp³-hybridized carbons (Fsp3) is 0.318.